The third-order valence-electron chi connectivity index (χ3n) is 3.03. The van der Waals surface area contributed by atoms with Crippen LogP contribution < -0.4 is 9.62 Å². The van der Waals surface area contributed by atoms with Crippen LogP contribution in [0.1, 0.15) is 30.6 Å². The summed E-state index contributed by atoms with van der Waals surface area (Å²) in [6.07, 6.45) is 1.89. The minimum Gasteiger partial charge on any atom is -0.350 e. The Kier molecular flexibility index (Phi) is 5.42. The van der Waals surface area contributed by atoms with Crippen LogP contribution in [0.15, 0.2) is 18.2 Å². The van der Waals surface area contributed by atoms with Gasteiger partial charge in [-0.05, 0) is 31.5 Å². The molecule has 0 unspecified atom stereocenters. The van der Waals surface area contributed by atoms with Crippen molar-refractivity contribution >= 4 is 33.2 Å². The quantitative estimate of drug-likeness (QED) is 0.905. The number of carbonyl (C=O) groups excluding carboxylic acids is 1. The molecule has 1 aromatic rings. The molecule has 1 N–H and O–H groups in total. The van der Waals surface area contributed by atoms with Crippen LogP contribution in [0.2, 0.25) is 5.02 Å². The maximum absolute atomic E-state index is 12.0. The SMILES string of the molecule is CC[C@@H](C)NC(=O)c1ccc(Cl)c(N(C)S(C)(=O)=O)c1. The fourth-order valence-electron chi connectivity index (χ4n) is 1.48. The number of amides is 1. The summed E-state index contributed by atoms with van der Waals surface area (Å²) >= 11 is 6.00. The predicted octanol–water partition coefficient (Wildman–Crippen LogP) is 2.26. The predicted molar refractivity (Wildman–Crippen MR) is 81.9 cm³/mol. The van der Waals surface area contributed by atoms with Gasteiger partial charge in [0.15, 0.2) is 0 Å². The second kappa shape index (κ2) is 6.45. The molecule has 20 heavy (non-hydrogen) atoms. The van der Waals surface area contributed by atoms with E-state index in [2.05, 4.69) is 5.32 Å². The highest BCUT2D eigenvalue weighted by atomic mass is 35.5. The van der Waals surface area contributed by atoms with Crippen LogP contribution in [-0.2, 0) is 10.0 Å². The van der Waals surface area contributed by atoms with Gasteiger partial charge in [0.1, 0.15) is 0 Å². The Labute approximate surface area is 125 Å². The van der Waals surface area contributed by atoms with Crippen molar-refractivity contribution in [1.82, 2.24) is 5.32 Å². The highest BCUT2D eigenvalue weighted by Crippen LogP contribution is 2.27. The van der Waals surface area contributed by atoms with E-state index in [-0.39, 0.29) is 22.7 Å². The molecule has 0 fully saturated rings. The molecule has 0 aliphatic heterocycles. The number of sulfonamides is 1. The number of hydrogen-bond acceptors (Lipinski definition) is 3. The largest absolute Gasteiger partial charge is 0.350 e. The summed E-state index contributed by atoms with van der Waals surface area (Å²) in [6, 6.07) is 4.61. The van der Waals surface area contributed by atoms with Gasteiger partial charge in [-0.15, -0.1) is 0 Å². The first kappa shape index (κ1) is 16.8. The van der Waals surface area contributed by atoms with Crippen LogP contribution in [0.4, 0.5) is 5.69 Å². The van der Waals surface area contributed by atoms with Crippen molar-refractivity contribution in [3.8, 4) is 0 Å². The molecule has 7 heteroatoms. The zero-order chi connectivity index (χ0) is 15.5. The highest BCUT2D eigenvalue weighted by molar-refractivity contribution is 7.92. The third kappa shape index (κ3) is 4.11. The van der Waals surface area contributed by atoms with E-state index in [0.29, 0.717) is 5.56 Å². The van der Waals surface area contributed by atoms with E-state index in [1.807, 2.05) is 13.8 Å². The number of hydrogen-bond donors (Lipinski definition) is 1. The summed E-state index contributed by atoms with van der Waals surface area (Å²) in [5.74, 6) is -0.251. The summed E-state index contributed by atoms with van der Waals surface area (Å²) in [5, 5.41) is 3.10. The topological polar surface area (TPSA) is 66.5 Å². The van der Waals surface area contributed by atoms with Crippen molar-refractivity contribution in [3.05, 3.63) is 28.8 Å². The first-order valence-corrected chi connectivity index (χ1v) is 8.43. The van der Waals surface area contributed by atoms with Crippen molar-refractivity contribution in [2.45, 2.75) is 26.3 Å². The van der Waals surface area contributed by atoms with E-state index in [4.69, 9.17) is 11.6 Å². The normalized spacial score (nSPS) is 12.8. The van der Waals surface area contributed by atoms with Gasteiger partial charge in [0, 0.05) is 18.7 Å². The van der Waals surface area contributed by atoms with Crippen molar-refractivity contribution in [2.75, 3.05) is 17.6 Å². The Bertz CT molecular complexity index is 602. The minimum atomic E-state index is -3.43. The van der Waals surface area contributed by atoms with Crippen LogP contribution >= 0.6 is 11.6 Å². The van der Waals surface area contributed by atoms with Gasteiger partial charge in [-0.25, -0.2) is 8.42 Å². The van der Waals surface area contributed by atoms with Gasteiger partial charge >= 0.3 is 0 Å². The van der Waals surface area contributed by atoms with Crippen LogP contribution in [0.3, 0.4) is 0 Å². The van der Waals surface area contributed by atoms with E-state index in [1.165, 1.54) is 19.2 Å². The molecule has 0 heterocycles. The number of anilines is 1. The van der Waals surface area contributed by atoms with E-state index < -0.39 is 10.0 Å². The van der Waals surface area contributed by atoms with Crippen LogP contribution in [0.25, 0.3) is 0 Å². The number of rotatable bonds is 5. The molecule has 1 aromatic carbocycles. The molecule has 5 nitrogen and oxygen atoms in total. The molecule has 1 rings (SSSR count). The summed E-state index contributed by atoms with van der Waals surface area (Å²) < 4.78 is 24.2. The lowest BCUT2D eigenvalue weighted by Gasteiger charge is -2.19. The number of halogens is 1. The smallest absolute Gasteiger partial charge is 0.251 e. The molecule has 0 saturated carbocycles. The summed E-state index contributed by atoms with van der Waals surface area (Å²) in [4.78, 5) is 12.0. The van der Waals surface area contributed by atoms with Crippen LogP contribution in [-0.4, -0.2) is 33.7 Å². The average Bonchev–Trinajstić information content (AvgIpc) is 2.37. The zero-order valence-corrected chi connectivity index (χ0v) is 13.5. The molecular formula is C13H19ClN2O3S. The lowest BCUT2D eigenvalue weighted by molar-refractivity contribution is 0.0939. The first-order chi connectivity index (χ1) is 9.16. The Morgan fingerprint density at radius 3 is 2.55 bits per heavy atom. The van der Waals surface area contributed by atoms with Gasteiger partial charge in [0.05, 0.1) is 17.0 Å². The van der Waals surface area contributed by atoms with Crippen LogP contribution in [0, 0.1) is 0 Å². The van der Waals surface area contributed by atoms with Gasteiger partial charge in [-0.1, -0.05) is 18.5 Å². The Hall–Kier alpha value is -1.27. The maximum Gasteiger partial charge on any atom is 0.251 e. The lowest BCUT2D eigenvalue weighted by atomic mass is 10.1. The van der Waals surface area contributed by atoms with Gasteiger partial charge in [-0.3, -0.25) is 9.10 Å². The molecule has 112 valence electrons. The van der Waals surface area contributed by atoms with Crippen molar-refractivity contribution < 1.29 is 13.2 Å². The second-order valence-electron chi connectivity index (χ2n) is 4.68. The molecule has 0 aliphatic rings. The van der Waals surface area contributed by atoms with Crippen LogP contribution in [0.5, 0.6) is 0 Å². The van der Waals surface area contributed by atoms with Gasteiger partial charge < -0.3 is 5.32 Å². The molecular weight excluding hydrogens is 300 g/mol. The molecule has 0 saturated heterocycles. The summed E-state index contributed by atoms with van der Waals surface area (Å²) in [6.45, 7) is 3.87. The Balaban J connectivity index is 3.12. The van der Waals surface area contributed by atoms with E-state index in [9.17, 15) is 13.2 Å². The van der Waals surface area contributed by atoms with E-state index >= 15 is 0 Å². The molecule has 0 spiro atoms. The van der Waals surface area contributed by atoms with Gasteiger partial charge in [-0.2, -0.15) is 0 Å². The number of benzene rings is 1. The molecule has 0 radical (unpaired) electrons. The van der Waals surface area contributed by atoms with Crippen molar-refractivity contribution in [2.24, 2.45) is 0 Å². The monoisotopic (exact) mass is 318 g/mol. The first-order valence-electron chi connectivity index (χ1n) is 6.21. The molecule has 0 bridgehead atoms. The maximum atomic E-state index is 12.0. The number of nitrogens with zero attached hydrogens (tertiary/aromatic N) is 1. The molecule has 0 aliphatic carbocycles. The number of carbonyl (C=O) groups is 1. The number of nitrogens with one attached hydrogen (secondary N) is 1. The second-order valence-corrected chi connectivity index (χ2v) is 7.10. The molecule has 0 aromatic heterocycles. The molecule has 1 amide bonds. The third-order valence-corrected chi connectivity index (χ3v) is 4.55. The fourth-order valence-corrected chi connectivity index (χ4v) is 2.29. The van der Waals surface area contributed by atoms with Gasteiger partial charge in [0.2, 0.25) is 10.0 Å². The van der Waals surface area contributed by atoms with Crippen molar-refractivity contribution in [3.63, 3.8) is 0 Å². The minimum absolute atomic E-state index is 0.0502. The van der Waals surface area contributed by atoms with E-state index in [1.54, 1.807) is 6.07 Å². The summed E-state index contributed by atoms with van der Waals surface area (Å²) in [5.41, 5.74) is 0.658. The Morgan fingerprint density at radius 1 is 1.45 bits per heavy atom. The average molecular weight is 319 g/mol. The lowest BCUT2D eigenvalue weighted by Crippen LogP contribution is -2.32. The Morgan fingerprint density at radius 2 is 2.05 bits per heavy atom. The van der Waals surface area contributed by atoms with E-state index in [0.717, 1.165) is 17.0 Å². The standard InChI is InChI=1S/C13H19ClN2O3S/c1-5-9(2)15-13(17)10-6-7-11(14)12(8-10)16(3)20(4,18)19/h6-9H,5H2,1-4H3,(H,15,17)/t9-/m1/s1. The highest BCUT2D eigenvalue weighted by Gasteiger charge is 2.18. The molecule has 1 atom stereocenters. The summed E-state index contributed by atoms with van der Waals surface area (Å²) in [7, 11) is -2.04. The van der Waals surface area contributed by atoms with Crippen molar-refractivity contribution in [1.29, 1.82) is 0 Å². The van der Waals surface area contributed by atoms with Gasteiger partial charge in [0.25, 0.3) is 5.91 Å². The zero-order valence-electron chi connectivity index (χ0n) is 12.0. The fraction of sp³-hybridized carbons (Fsp3) is 0.462.